The zero-order valence-corrected chi connectivity index (χ0v) is 16.2. The van der Waals surface area contributed by atoms with Crippen LogP contribution in [-0.4, -0.2) is 22.1 Å². The van der Waals surface area contributed by atoms with Gasteiger partial charge in [0.2, 0.25) is 0 Å². The smallest absolute Gasteiger partial charge is 0.315 e. The number of ether oxygens (including phenoxy) is 2. The van der Waals surface area contributed by atoms with Crippen molar-refractivity contribution in [2.75, 3.05) is 7.11 Å². The molecule has 0 radical (unpaired) electrons. The number of hydrogen-bond acceptors (Lipinski definition) is 4. The number of para-hydroxylation sites is 2. The van der Waals surface area contributed by atoms with Crippen LogP contribution in [0.2, 0.25) is 0 Å². The lowest BCUT2D eigenvalue weighted by Gasteiger charge is -2.11. The Morgan fingerprint density at radius 2 is 1.60 bits per heavy atom. The molecule has 5 rings (SSSR count). The third-order valence-corrected chi connectivity index (χ3v) is 5.15. The van der Waals surface area contributed by atoms with Crippen LogP contribution in [0.4, 0.5) is 0 Å². The van der Waals surface area contributed by atoms with E-state index >= 15 is 0 Å². The predicted molar refractivity (Wildman–Crippen MR) is 114 cm³/mol. The van der Waals surface area contributed by atoms with Gasteiger partial charge in [0.15, 0.2) is 0 Å². The van der Waals surface area contributed by atoms with Crippen LogP contribution in [-0.2, 0) is 11.2 Å². The fourth-order valence-electron chi connectivity index (χ4n) is 3.79. The van der Waals surface area contributed by atoms with E-state index in [-0.39, 0.29) is 17.9 Å². The summed E-state index contributed by atoms with van der Waals surface area (Å²) >= 11 is 0. The molecular weight excluding hydrogens is 380 g/mol. The first-order valence-corrected chi connectivity index (χ1v) is 9.53. The highest BCUT2D eigenvalue weighted by Gasteiger charge is 2.16. The van der Waals surface area contributed by atoms with Crippen molar-refractivity contribution in [3.05, 3.63) is 94.9 Å². The Balaban J connectivity index is 1.69. The van der Waals surface area contributed by atoms with E-state index in [0.29, 0.717) is 16.9 Å². The van der Waals surface area contributed by atoms with E-state index in [2.05, 4.69) is 0 Å². The van der Waals surface area contributed by atoms with Crippen LogP contribution in [0.25, 0.3) is 21.8 Å². The molecule has 5 aromatic rings. The summed E-state index contributed by atoms with van der Waals surface area (Å²) in [7, 11) is 1.57. The third-order valence-electron chi connectivity index (χ3n) is 5.15. The van der Waals surface area contributed by atoms with Crippen molar-refractivity contribution in [2.24, 2.45) is 0 Å². The molecule has 2 aromatic heterocycles. The fourth-order valence-corrected chi connectivity index (χ4v) is 3.79. The maximum Gasteiger partial charge on any atom is 0.315 e. The Hall–Kier alpha value is -4.06. The average molecular weight is 398 g/mol. The van der Waals surface area contributed by atoms with Crippen LogP contribution in [0, 0.1) is 0 Å². The third kappa shape index (κ3) is 2.90. The normalized spacial score (nSPS) is 11.2. The molecule has 0 aliphatic carbocycles. The molecule has 0 N–H and O–H groups in total. The highest BCUT2D eigenvalue weighted by molar-refractivity contribution is 5.91. The lowest BCUT2D eigenvalue weighted by molar-refractivity contribution is -0.133. The van der Waals surface area contributed by atoms with Gasteiger partial charge in [-0.3, -0.25) is 9.59 Å². The number of carbonyl (C=O) groups excluding carboxylic acids is 1. The van der Waals surface area contributed by atoms with E-state index in [1.807, 2.05) is 59.1 Å². The zero-order valence-electron chi connectivity index (χ0n) is 16.2. The number of benzene rings is 3. The molecule has 0 amide bonds. The molecule has 0 bridgehead atoms. The quantitative estimate of drug-likeness (QED) is 0.341. The van der Waals surface area contributed by atoms with Crippen LogP contribution in [0.15, 0.2) is 83.8 Å². The molecule has 0 fully saturated rings. The minimum absolute atomic E-state index is 0.0448. The summed E-state index contributed by atoms with van der Waals surface area (Å²) in [6.45, 7) is 0. The lowest BCUT2D eigenvalue weighted by Crippen LogP contribution is -2.16. The molecule has 6 heteroatoms. The first kappa shape index (κ1) is 18.0. The highest BCUT2D eigenvalue weighted by atomic mass is 16.5. The molecular formula is C24H18N2O4. The van der Waals surface area contributed by atoms with Crippen molar-refractivity contribution in [1.29, 1.82) is 0 Å². The van der Waals surface area contributed by atoms with Crippen LogP contribution in [0.5, 0.6) is 11.5 Å². The molecule has 0 aliphatic rings. The van der Waals surface area contributed by atoms with Gasteiger partial charge in [0.1, 0.15) is 11.5 Å². The maximum atomic E-state index is 13.1. The monoisotopic (exact) mass is 398 g/mol. The first-order chi connectivity index (χ1) is 14.7. The second-order valence-electron chi connectivity index (χ2n) is 6.98. The molecule has 0 atom stereocenters. The van der Waals surface area contributed by atoms with Gasteiger partial charge in [0, 0.05) is 11.6 Å². The number of aromatic nitrogens is 2. The largest absolute Gasteiger partial charge is 0.497 e. The molecule has 0 saturated carbocycles. The molecule has 148 valence electrons. The first-order valence-electron chi connectivity index (χ1n) is 9.53. The van der Waals surface area contributed by atoms with Crippen molar-refractivity contribution in [3.63, 3.8) is 0 Å². The van der Waals surface area contributed by atoms with Gasteiger partial charge in [-0.2, -0.15) is 0 Å². The predicted octanol–water partition coefficient (Wildman–Crippen LogP) is 3.86. The summed E-state index contributed by atoms with van der Waals surface area (Å²) in [4.78, 5) is 25.7. The number of hydrogen-bond donors (Lipinski definition) is 0. The van der Waals surface area contributed by atoms with Gasteiger partial charge < -0.3 is 9.47 Å². The van der Waals surface area contributed by atoms with Crippen LogP contribution in [0.3, 0.4) is 0 Å². The molecule has 2 heterocycles. The molecule has 0 saturated heterocycles. The van der Waals surface area contributed by atoms with Gasteiger partial charge in [0.25, 0.3) is 5.56 Å². The van der Waals surface area contributed by atoms with Crippen molar-refractivity contribution >= 4 is 27.8 Å². The van der Waals surface area contributed by atoms with Crippen molar-refractivity contribution in [1.82, 2.24) is 9.03 Å². The van der Waals surface area contributed by atoms with Crippen LogP contribution in [0.1, 0.15) is 5.56 Å². The standard InChI is InChI=1S/C24H18N2O4/c1-29-18-11-12-22-20(14-18)24(28)25-15-16(19-9-5-6-10-21(19)26(22)25)13-23(27)30-17-7-3-2-4-8-17/h2-12,14-15H,13H2,1H3. The summed E-state index contributed by atoms with van der Waals surface area (Å²) in [5.74, 6) is 0.721. The summed E-state index contributed by atoms with van der Waals surface area (Å²) in [5.41, 5.74) is 2.15. The van der Waals surface area contributed by atoms with E-state index in [9.17, 15) is 9.59 Å². The average Bonchev–Trinajstić information content (AvgIpc) is 3.06. The van der Waals surface area contributed by atoms with E-state index in [4.69, 9.17) is 9.47 Å². The molecule has 30 heavy (non-hydrogen) atoms. The van der Waals surface area contributed by atoms with Gasteiger partial charge in [0.05, 0.1) is 30.0 Å². The lowest BCUT2D eigenvalue weighted by atomic mass is 10.1. The maximum absolute atomic E-state index is 13.1. The Labute approximate surface area is 171 Å². The van der Waals surface area contributed by atoms with Crippen molar-refractivity contribution < 1.29 is 14.3 Å². The summed E-state index contributed by atoms with van der Waals surface area (Å²) < 4.78 is 14.1. The molecule has 6 nitrogen and oxygen atoms in total. The molecule has 0 unspecified atom stereocenters. The van der Waals surface area contributed by atoms with E-state index in [1.54, 1.807) is 31.5 Å². The Bertz CT molecular complexity index is 1470. The number of methoxy groups -OCH3 is 1. The van der Waals surface area contributed by atoms with Crippen LogP contribution < -0.4 is 15.0 Å². The highest BCUT2D eigenvalue weighted by Crippen LogP contribution is 2.24. The van der Waals surface area contributed by atoms with E-state index < -0.39 is 0 Å². The summed E-state index contributed by atoms with van der Waals surface area (Å²) in [6, 6.07) is 22.1. The number of esters is 1. The second-order valence-corrected chi connectivity index (χ2v) is 6.98. The van der Waals surface area contributed by atoms with Gasteiger partial charge in [-0.25, -0.2) is 9.03 Å². The van der Waals surface area contributed by atoms with E-state index in [0.717, 1.165) is 22.0 Å². The van der Waals surface area contributed by atoms with Gasteiger partial charge in [-0.1, -0.05) is 36.4 Å². The summed E-state index contributed by atoms with van der Waals surface area (Å²) in [6.07, 6.45) is 1.76. The number of rotatable bonds is 4. The number of fused-ring (bicyclic) bond motifs is 5. The Morgan fingerprint density at radius 1 is 0.867 bits per heavy atom. The number of nitrogens with zero attached hydrogens (tertiary/aromatic N) is 2. The SMILES string of the molecule is COc1ccc2c(c1)c(=O)n1cc(CC(=O)Oc3ccccc3)c3ccccc3n21. The molecule has 0 spiro atoms. The Morgan fingerprint density at radius 3 is 2.40 bits per heavy atom. The van der Waals surface area contributed by atoms with Gasteiger partial charge in [-0.05, 0) is 42.0 Å². The molecule has 3 aromatic carbocycles. The van der Waals surface area contributed by atoms with Crippen molar-refractivity contribution in [3.8, 4) is 11.5 Å². The Kier molecular flexibility index (Phi) is 4.25. The zero-order chi connectivity index (χ0) is 20.7. The van der Waals surface area contributed by atoms with Crippen LogP contribution >= 0.6 is 0 Å². The van der Waals surface area contributed by atoms with E-state index in [1.165, 1.54) is 4.52 Å². The number of carbonyl (C=O) groups is 1. The topological polar surface area (TPSA) is 61.4 Å². The minimum atomic E-state index is -0.387. The summed E-state index contributed by atoms with van der Waals surface area (Å²) in [5, 5.41) is 1.43. The molecule has 0 aliphatic heterocycles. The van der Waals surface area contributed by atoms with Gasteiger partial charge in [-0.15, -0.1) is 0 Å². The second kappa shape index (κ2) is 7.08. The van der Waals surface area contributed by atoms with Crippen molar-refractivity contribution in [2.45, 2.75) is 6.42 Å². The minimum Gasteiger partial charge on any atom is -0.497 e. The fraction of sp³-hybridized carbons (Fsp3) is 0.0833. The van der Waals surface area contributed by atoms with Gasteiger partial charge >= 0.3 is 5.97 Å².